The van der Waals surface area contributed by atoms with Crippen molar-refractivity contribution in [3.05, 3.63) is 71.5 Å². The zero-order valence-corrected chi connectivity index (χ0v) is 10.1. The first-order chi connectivity index (χ1) is 8.74. The van der Waals surface area contributed by atoms with E-state index in [-0.39, 0.29) is 17.3 Å². The normalized spacial score (nSPS) is 18.3. The molecule has 0 aliphatic heterocycles. The van der Waals surface area contributed by atoms with Crippen LogP contribution in [0.25, 0.3) is 0 Å². The molecule has 1 atom stereocenters. The predicted molar refractivity (Wildman–Crippen MR) is 70.7 cm³/mol. The quantitative estimate of drug-likeness (QED) is 0.873. The molecule has 0 spiro atoms. The molecule has 2 heteroatoms. The van der Waals surface area contributed by atoms with E-state index < -0.39 is 0 Å². The average Bonchev–Trinajstić information content (AvgIpc) is 3.21. The van der Waals surface area contributed by atoms with Gasteiger partial charge in [-0.05, 0) is 24.5 Å². The summed E-state index contributed by atoms with van der Waals surface area (Å²) in [4.78, 5) is 0. The predicted octanol–water partition coefficient (Wildman–Crippen LogP) is 3.56. The van der Waals surface area contributed by atoms with Gasteiger partial charge in [-0.3, -0.25) is 0 Å². The number of benzene rings is 2. The number of hydrogen-bond donors (Lipinski definition) is 1. The van der Waals surface area contributed by atoms with Crippen molar-refractivity contribution in [2.75, 3.05) is 0 Å². The van der Waals surface area contributed by atoms with E-state index in [1.807, 2.05) is 24.3 Å². The van der Waals surface area contributed by atoms with Gasteiger partial charge in [0.15, 0.2) is 0 Å². The summed E-state index contributed by atoms with van der Waals surface area (Å²) in [5.74, 6) is -0.202. The molecule has 1 unspecified atom stereocenters. The van der Waals surface area contributed by atoms with Crippen molar-refractivity contribution in [1.29, 1.82) is 0 Å². The fourth-order valence-corrected chi connectivity index (χ4v) is 2.71. The van der Waals surface area contributed by atoms with Crippen molar-refractivity contribution in [1.82, 2.24) is 0 Å². The molecule has 0 saturated heterocycles. The highest BCUT2D eigenvalue weighted by Gasteiger charge is 2.50. The topological polar surface area (TPSA) is 26.0 Å². The Morgan fingerprint density at radius 3 is 2.17 bits per heavy atom. The smallest absolute Gasteiger partial charge is 0.128 e. The van der Waals surface area contributed by atoms with E-state index in [2.05, 4.69) is 12.1 Å². The molecule has 0 bridgehead atoms. The van der Waals surface area contributed by atoms with Crippen LogP contribution in [0.3, 0.4) is 0 Å². The Labute approximate surface area is 106 Å². The van der Waals surface area contributed by atoms with Gasteiger partial charge in [-0.15, -0.1) is 0 Å². The molecular weight excluding hydrogens is 225 g/mol. The molecule has 18 heavy (non-hydrogen) atoms. The Hall–Kier alpha value is -1.67. The fraction of sp³-hybridized carbons (Fsp3) is 0.250. The minimum Gasteiger partial charge on any atom is -0.323 e. The number of rotatable bonds is 3. The molecule has 1 saturated carbocycles. The summed E-state index contributed by atoms with van der Waals surface area (Å²) in [6, 6.07) is 16.8. The summed E-state index contributed by atoms with van der Waals surface area (Å²) in [7, 11) is 0. The van der Waals surface area contributed by atoms with Crippen LogP contribution in [0.4, 0.5) is 4.39 Å². The van der Waals surface area contributed by atoms with Crippen LogP contribution in [0.2, 0.25) is 0 Å². The molecule has 1 fully saturated rings. The van der Waals surface area contributed by atoms with E-state index in [1.165, 1.54) is 11.6 Å². The van der Waals surface area contributed by atoms with Gasteiger partial charge in [-0.25, -0.2) is 4.39 Å². The molecular formula is C16H16FN. The second-order valence-corrected chi connectivity index (χ2v) is 5.02. The third-order valence-corrected chi connectivity index (χ3v) is 3.97. The van der Waals surface area contributed by atoms with E-state index in [1.54, 1.807) is 12.1 Å². The first-order valence-corrected chi connectivity index (χ1v) is 6.29. The summed E-state index contributed by atoms with van der Waals surface area (Å²) in [6.45, 7) is 0. The van der Waals surface area contributed by atoms with E-state index in [9.17, 15) is 4.39 Å². The van der Waals surface area contributed by atoms with Crippen molar-refractivity contribution in [2.45, 2.75) is 24.3 Å². The highest BCUT2D eigenvalue weighted by Crippen LogP contribution is 2.55. The largest absolute Gasteiger partial charge is 0.323 e. The second kappa shape index (κ2) is 4.21. The van der Waals surface area contributed by atoms with Crippen LogP contribution in [0.5, 0.6) is 0 Å². The molecule has 0 heterocycles. The number of hydrogen-bond acceptors (Lipinski definition) is 1. The first-order valence-electron chi connectivity index (χ1n) is 6.29. The van der Waals surface area contributed by atoms with Crippen molar-refractivity contribution in [2.24, 2.45) is 5.73 Å². The van der Waals surface area contributed by atoms with Gasteiger partial charge >= 0.3 is 0 Å². The summed E-state index contributed by atoms with van der Waals surface area (Å²) in [6.07, 6.45) is 2.07. The maximum Gasteiger partial charge on any atom is 0.128 e. The summed E-state index contributed by atoms with van der Waals surface area (Å²) in [5.41, 5.74) is 8.11. The highest BCUT2D eigenvalue weighted by atomic mass is 19.1. The van der Waals surface area contributed by atoms with Gasteiger partial charge in [0.25, 0.3) is 0 Å². The maximum atomic E-state index is 13.8. The molecule has 0 amide bonds. The van der Waals surface area contributed by atoms with E-state index in [0.717, 1.165) is 12.8 Å². The molecule has 1 aliphatic carbocycles. The number of nitrogens with two attached hydrogens (primary N) is 1. The molecule has 1 aliphatic rings. The Balaban J connectivity index is 1.98. The Morgan fingerprint density at radius 1 is 0.944 bits per heavy atom. The van der Waals surface area contributed by atoms with Gasteiger partial charge in [0.05, 0.1) is 0 Å². The average molecular weight is 241 g/mol. The first kappa shape index (κ1) is 11.4. The summed E-state index contributed by atoms with van der Waals surface area (Å²) >= 11 is 0. The third-order valence-electron chi connectivity index (χ3n) is 3.97. The molecule has 2 N–H and O–H groups in total. The Morgan fingerprint density at radius 2 is 1.56 bits per heavy atom. The van der Waals surface area contributed by atoms with E-state index in [4.69, 9.17) is 5.73 Å². The van der Waals surface area contributed by atoms with Crippen molar-refractivity contribution < 1.29 is 4.39 Å². The van der Waals surface area contributed by atoms with Crippen molar-refractivity contribution in [3.8, 4) is 0 Å². The monoisotopic (exact) mass is 241 g/mol. The van der Waals surface area contributed by atoms with Crippen LogP contribution >= 0.6 is 0 Å². The lowest BCUT2D eigenvalue weighted by Gasteiger charge is -2.24. The fourth-order valence-electron chi connectivity index (χ4n) is 2.71. The van der Waals surface area contributed by atoms with E-state index in [0.29, 0.717) is 5.56 Å². The second-order valence-electron chi connectivity index (χ2n) is 5.02. The minimum atomic E-state index is -0.263. The Bertz CT molecular complexity index is 546. The molecule has 0 radical (unpaired) electrons. The molecule has 3 rings (SSSR count). The van der Waals surface area contributed by atoms with Gasteiger partial charge in [0, 0.05) is 17.0 Å². The van der Waals surface area contributed by atoms with Crippen LogP contribution in [-0.2, 0) is 5.41 Å². The van der Waals surface area contributed by atoms with Crippen LogP contribution in [0.1, 0.15) is 30.0 Å². The standard InChI is InChI=1S/C16H16FN/c17-14-9-5-4-8-13(14)15(18)16(10-11-16)12-6-2-1-3-7-12/h1-9,15H,10-11,18H2. The molecule has 92 valence electrons. The van der Waals surface area contributed by atoms with Gasteiger partial charge in [0.2, 0.25) is 0 Å². The SMILES string of the molecule is NC(c1ccccc1F)C1(c2ccccc2)CC1. The number of halogens is 1. The van der Waals surface area contributed by atoms with Crippen LogP contribution in [0.15, 0.2) is 54.6 Å². The zero-order chi connectivity index (χ0) is 12.6. The lowest BCUT2D eigenvalue weighted by atomic mass is 9.84. The molecule has 2 aromatic carbocycles. The molecule has 2 aromatic rings. The minimum absolute atomic E-state index is 0.0660. The van der Waals surface area contributed by atoms with Gasteiger partial charge in [-0.2, -0.15) is 0 Å². The lowest BCUT2D eigenvalue weighted by Crippen LogP contribution is -2.27. The van der Waals surface area contributed by atoms with Gasteiger partial charge in [0.1, 0.15) is 5.82 Å². The molecule has 1 nitrogen and oxygen atoms in total. The highest BCUT2D eigenvalue weighted by molar-refractivity contribution is 5.38. The summed E-state index contributed by atoms with van der Waals surface area (Å²) < 4.78 is 13.8. The van der Waals surface area contributed by atoms with Crippen molar-refractivity contribution >= 4 is 0 Å². The van der Waals surface area contributed by atoms with Crippen molar-refractivity contribution in [3.63, 3.8) is 0 Å². The van der Waals surface area contributed by atoms with E-state index >= 15 is 0 Å². The maximum absolute atomic E-state index is 13.8. The summed E-state index contributed by atoms with van der Waals surface area (Å²) in [5, 5.41) is 0. The third kappa shape index (κ3) is 1.73. The van der Waals surface area contributed by atoms with Crippen LogP contribution in [-0.4, -0.2) is 0 Å². The van der Waals surface area contributed by atoms with Gasteiger partial charge in [-0.1, -0.05) is 48.5 Å². The lowest BCUT2D eigenvalue weighted by molar-refractivity contribution is 0.504. The van der Waals surface area contributed by atoms with Gasteiger partial charge < -0.3 is 5.73 Å². The molecule has 0 aromatic heterocycles. The van der Waals surface area contributed by atoms with Crippen LogP contribution in [0, 0.1) is 5.82 Å². The Kier molecular flexibility index (Phi) is 2.67. The van der Waals surface area contributed by atoms with Crippen LogP contribution < -0.4 is 5.73 Å². The zero-order valence-electron chi connectivity index (χ0n) is 10.1.